The Balaban J connectivity index is 1.95. The maximum Gasteiger partial charge on any atom is 0.262 e. The number of fused-ring (bicyclic) bond motifs is 1. The van der Waals surface area contributed by atoms with Gasteiger partial charge in [0, 0.05) is 18.7 Å². The normalized spacial score (nSPS) is 15.9. The van der Waals surface area contributed by atoms with Crippen molar-refractivity contribution >= 4 is 27.3 Å². The largest absolute Gasteiger partial charge is 0.497 e. The predicted octanol–water partition coefficient (Wildman–Crippen LogP) is 3.90. The number of hydrogen-bond donors (Lipinski definition) is 1. The second kappa shape index (κ2) is 8.18. The first kappa shape index (κ1) is 22.0. The molecule has 1 aliphatic rings. The molecule has 1 aliphatic heterocycles. The molecule has 30 heavy (non-hydrogen) atoms. The van der Waals surface area contributed by atoms with Gasteiger partial charge in [-0.3, -0.25) is 9.52 Å². The van der Waals surface area contributed by atoms with Gasteiger partial charge in [-0.15, -0.1) is 0 Å². The van der Waals surface area contributed by atoms with Crippen molar-refractivity contribution in [1.29, 1.82) is 0 Å². The van der Waals surface area contributed by atoms with Gasteiger partial charge in [0.15, 0.2) is 0 Å². The number of anilines is 2. The molecular weight excluding hydrogens is 404 g/mol. The van der Waals surface area contributed by atoms with Gasteiger partial charge in [0.25, 0.3) is 10.0 Å². The lowest BCUT2D eigenvalue weighted by Gasteiger charge is -2.29. The molecule has 0 saturated heterocycles. The van der Waals surface area contributed by atoms with Crippen LogP contribution in [0.3, 0.4) is 0 Å². The van der Waals surface area contributed by atoms with Crippen LogP contribution in [0.15, 0.2) is 47.4 Å². The van der Waals surface area contributed by atoms with Crippen LogP contribution in [0.1, 0.15) is 27.7 Å². The molecule has 0 bridgehead atoms. The number of hydrogen-bond acceptors (Lipinski definition) is 5. The van der Waals surface area contributed by atoms with Crippen LogP contribution >= 0.6 is 0 Å². The lowest BCUT2D eigenvalue weighted by atomic mass is 9.92. The molecule has 0 spiro atoms. The summed E-state index contributed by atoms with van der Waals surface area (Å²) in [6.07, 6.45) is 0. The number of nitrogens with one attached hydrogen (secondary N) is 1. The SMILES string of the molecule is COc1cccc(S(=O)(=O)Nc2ccc3c(c2)OCC(C)(C)C(=O)N3CC(C)C)c1. The number of rotatable bonds is 6. The van der Waals surface area contributed by atoms with Crippen LogP contribution in [0.4, 0.5) is 11.4 Å². The van der Waals surface area contributed by atoms with E-state index in [0.29, 0.717) is 29.4 Å². The predicted molar refractivity (Wildman–Crippen MR) is 117 cm³/mol. The van der Waals surface area contributed by atoms with E-state index < -0.39 is 15.4 Å². The monoisotopic (exact) mass is 432 g/mol. The van der Waals surface area contributed by atoms with Gasteiger partial charge in [-0.25, -0.2) is 8.42 Å². The van der Waals surface area contributed by atoms with Crippen LogP contribution in [0, 0.1) is 11.3 Å². The van der Waals surface area contributed by atoms with Gasteiger partial charge in [-0.2, -0.15) is 0 Å². The summed E-state index contributed by atoms with van der Waals surface area (Å²) >= 11 is 0. The number of methoxy groups -OCH3 is 1. The van der Waals surface area contributed by atoms with Crippen LogP contribution in [0.2, 0.25) is 0 Å². The lowest BCUT2D eigenvalue weighted by Crippen LogP contribution is -2.43. The Kier molecular flexibility index (Phi) is 5.99. The maximum atomic E-state index is 13.0. The molecule has 0 unspecified atom stereocenters. The Bertz CT molecular complexity index is 1050. The highest BCUT2D eigenvalue weighted by molar-refractivity contribution is 7.92. The van der Waals surface area contributed by atoms with E-state index in [9.17, 15) is 13.2 Å². The van der Waals surface area contributed by atoms with E-state index in [2.05, 4.69) is 4.72 Å². The summed E-state index contributed by atoms with van der Waals surface area (Å²) in [7, 11) is -2.33. The lowest BCUT2D eigenvalue weighted by molar-refractivity contribution is -0.127. The van der Waals surface area contributed by atoms with Crippen molar-refractivity contribution in [1.82, 2.24) is 0 Å². The van der Waals surface area contributed by atoms with Crippen molar-refractivity contribution in [3.63, 3.8) is 0 Å². The number of carbonyl (C=O) groups excluding carboxylic acids is 1. The minimum absolute atomic E-state index is 0.0142. The van der Waals surface area contributed by atoms with E-state index in [4.69, 9.17) is 9.47 Å². The molecule has 2 aromatic rings. The second-order valence-corrected chi connectivity index (χ2v) is 10.1. The molecule has 2 aromatic carbocycles. The molecule has 3 rings (SSSR count). The van der Waals surface area contributed by atoms with Gasteiger partial charge in [-0.05, 0) is 44.0 Å². The number of benzene rings is 2. The third-order valence-electron chi connectivity index (χ3n) is 4.81. The first-order valence-electron chi connectivity index (χ1n) is 9.79. The van der Waals surface area contributed by atoms with E-state index in [-0.39, 0.29) is 23.3 Å². The van der Waals surface area contributed by atoms with Crippen LogP contribution in [0.5, 0.6) is 11.5 Å². The van der Waals surface area contributed by atoms with Crippen LogP contribution in [-0.2, 0) is 14.8 Å². The highest BCUT2D eigenvalue weighted by Gasteiger charge is 2.38. The molecule has 0 radical (unpaired) electrons. The van der Waals surface area contributed by atoms with E-state index in [0.717, 1.165) is 0 Å². The Hall–Kier alpha value is -2.74. The van der Waals surface area contributed by atoms with Crippen molar-refractivity contribution in [3.8, 4) is 11.5 Å². The van der Waals surface area contributed by atoms with Gasteiger partial charge in [-0.1, -0.05) is 19.9 Å². The highest BCUT2D eigenvalue weighted by Crippen LogP contribution is 2.39. The fourth-order valence-corrected chi connectivity index (χ4v) is 4.32. The molecule has 8 heteroatoms. The van der Waals surface area contributed by atoms with Crippen LogP contribution < -0.4 is 19.1 Å². The zero-order valence-electron chi connectivity index (χ0n) is 17.9. The Labute approximate surface area is 178 Å². The average Bonchev–Trinajstić information content (AvgIpc) is 2.78. The van der Waals surface area contributed by atoms with Gasteiger partial charge >= 0.3 is 0 Å². The van der Waals surface area contributed by atoms with Gasteiger partial charge < -0.3 is 14.4 Å². The average molecular weight is 433 g/mol. The summed E-state index contributed by atoms with van der Waals surface area (Å²) in [5.41, 5.74) is 0.311. The molecular formula is C22H28N2O5S. The smallest absolute Gasteiger partial charge is 0.262 e. The minimum Gasteiger partial charge on any atom is -0.497 e. The third-order valence-corrected chi connectivity index (χ3v) is 6.19. The van der Waals surface area contributed by atoms with Crippen molar-refractivity contribution in [2.45, 2.75) is 32.6 Å². The number of sulfonamides is 1. The molecule has 1 N–H and O–H groups in total. The molecule has 7 nitrogen and oxygen atoms in total. The molecule has 1 amide bonds. The molecule has 0 saturated carbocycles. The molecule has 0 atom stereocenters. The van der Waals surface area contributed by atoms with Crippen molar-refractivity contribution in [3.05, 3.63) is 42.5 Å². The van der Waals surface area contributed by atoms with E-state index in [1.54, 1.807) is 35.2 Å². The second-order valence-electron chi connectivity index (χ2n) is 8.45. The number of amides is 1. The fraction of sp³-hybridized carbons (Fsp3) is 0.409. The summed E-state index contributed by atoms with van der Waals surface area (Å²) in [6.45, 7) is 8.54. The van der Waals surface area contributed by atoms with Gasteiger partial charge in [0.2, 0.25) is 5.91 Å². The number of nitrogens with zero attached hydrogens (tertiary/aromatic N) is 1. The molecule has 0 aliphatic carbocycles. The summed E-state index contributed by atoms with van der Waals surface area (Å²) < 4.78 is 39.2. The maximum absolute atomic E-state index is 13.0. The van der Waals surface area contributed by atoms with E-state index >= 15 is 0 Å². The first-order valence-corrected chi connectivity index (χ1v) is 11.3. The van der Waals surface area contributed by atoms with Crippen LogP contribution in [-0.4, -0.2) is 34.6 Å². The van der Waals surface area contributed by atoms with Crippen molar-refractivity contribution in [2.75, 3.05) is 29.9 Å². The molecule has 1 heterocycles. The van der Waals surface area contributed by atoms with Gasteiger partial charge in [0.05, 0.1) is 28.8 Å². The summed E-state index contributed by atoms with van der Waals surface area (Å²) in [4.78, 5) is 14.9. The molecule has 0 aromatic heterocycles. The summed E-state index contributed by atoms with van der Waals surface area (Å²) in [6, 6.07) is 11.2. The van der Waals surface area contributed by atoms with Crippen LogP contribution in [0.25, 0.3) is 0 Å². The zero-order valence-corrected chi connectivity index (χ0v) is 18.7. The van der Waals surface area contributed by atoms with E-state index in [1.807, 2.05) is 27.7 Å². The van der Waals surface area contributed by atoms with E-state index in [1.165, 1.54) is 19.2 Å². The minimum atomic E-state index is -3.81. The van der Waals surface area contributed by atoms with Crippen molar-refractivity contribution in [2.24, 2.45) is 11.3 Å². The molecule has 0 fully saturated rings. The standard InChI is InChI=1S/C22H28N2O5S/c1-15(2)13-24-19-10-9-16(11-20(19)29-14-22(3,4)21(24)25)23-30(26,27)18-8-6-7-17(12-18)28-5/h6-12,15,23H,13-14H2,1-5H3. The fourth-order valence-electron chi connectivity index (χ4n) is 3.24. The quantitative estimate of drug-likeness (QED) is 0.748. The topological polar surface area (TPSA) is 84.9 Å². The Morgan fingerprint density at radius 3 is 2.60 bits per heavy atom. The number of carbonyl (C=O) groups is 1. The zero-order chi connectivity index (χ0) is 22.1. The Morgan fingerprint density at radius 1 is 1.20 bits per heavy atom. The van der Waals surface area contributed by atoms with Gasteiger partial charge in [0.1, 0.15) is 18.1 Å². The number of ether oxygens (including phenoxy) is 2. The highest BCUT2D eigenvalue weighted by atomic mass is 32.2. The Morgan fingerprint density at radius 2 is 1.93 bits per heavy atom. The summed E-state index contributed by atoms with van der Waals surface area (Å²) in [5, 5.41) is 0. The summed E-state index contributed by atoms with van der Waals surface area (Å²) in [5.74, 6) is 1.18. The molecule has 162 valence electrons. The van der Waals surface area contributed by atoms with Crippen molar-refractivity contribution < 1.29 is 22.7 Å². The third kappa shape index (κ3) is 4.53. The first-order chi connectivity index (χ1) is 14.0.